The van der Waals surface area contributed by atoms with E-state index >= 15 is 0 Å². The molecule has 0 aromatic heterocycles. The number of hydrogen-bond acceptors (Lipinski definition) is 4. The van der Waals surface area contributed by atoms with Crippen LogP contribution in [0.1, 0.15) is 23.1 Å². The lowest BCUT2D eigenvalue weighted by Crippen LogP contribution is -2.99. The van der Waals surface area contributed by atoms with Crippen molar-refractivity contribution in [2.24, 2.45) is 17.6 Å². The van der Waals surface area contributed by atoms with E-state index in [4.69, 9.17) is 17.3 Å². The lowest BCUT2D eigenvalue weighted by Gasteiger charge is -2.26. The van der Waals surface area contributed by atoms with Gasteiger partial charge in [0.15, 0.2) is 0 Å². The Bertz CT molecular complexity index is 1230. The Hall–Kier alpha value is -3.30. The molecule has 3 aliphatic rings. The number of carbonyl (C=O) groups is 4. The zero-order valence-corrected chi connectivity index (χ0v) is 18.4. The SMILES string of the molecule is Cc1c(Cl)ccc2c1NC(=O)[C@@]21[NH2+][C@@H](CC(N)=O)[C@H]2C(=O)N(Cc3ccc(F)cc3)C(=O)[C@H]21. The Morgan fingerprint density at radius 1 is 1.18 bits per heavy atom. The van der Waals surface area contributed by atoms with E-state index in [1.54, 1.807) is 24.4 Å². The van der Waals surface area contributed by atoms with Gasteiger partial charge >= 0.3 is 0 Å². The fourth-order valence-corrected chi connectivity index (χ4v) is 5.72. The average molecular weight is 472 g/mol. The van der Waals surface area contributed by atoms with Gasteiger partial charge in [-0.1, -0.05) is 23.7 Å². The number of benzene rings is 2. The number of carbonyl (C=O) groups excluding carboxylic acids is 4. The van der Waals surface area contributed by atoms with Crippen LogP contribution in [-0.4, -0.2) is 34.6 Å². The lowest BCUT2D eigenvalue weighted by atomic mass is 9.76. The second-order valence-electron chi connectivity index (χ2n) is 8.81. The number of fused-ring (bicyclic) bond motifs is 4. The van der Waals surface area contributed by atoms with Crippen LogP contribution >= 0.6 is 11.6 Å². The molecule has 4 atom stereocenters. The average Bonchev–Trinajstić information content (AvgIpc) is 3.33. The number of primary amides is 1. The first kappa shape index (κ1) is 21.5. The molecule has 2 aromatic carbocycles. The van der Waals surface area contributed by atoms with E-state index in [2.05, 4.69) is 5.32 Å². The van der Waals surface area contributed by atoms with Gasteiger partial charge in [-0.2, -0.15) is 0 Å². The number of halogens is 2. The van der Waals surface area contributed by atoms with Crippen molar-refractivity contribution < 1.29 is 28.9 Å². The molecule has 0 radical (unpaired) electrons. The first-order chi connectivity index (χ1) is 15.6. The van der Waals surface area contributed by atoms with E-state index in [0.29, 0.717) is 27.4 Å². The molecule has 3 aliphatic heterocycles. The molecule has 0 aliphatic carbocycles. The molecule has 2 aromatic rings. The molecule has 4 amide bonds. The molecule has 5 rings (SSSR count). The maximum absolute atomic E-state index is 13.7. The van der Waals surface area contributed by atoms with E-state index in [-0.39, 0.29) is 13.0 Å². The number of rotatable bonds is 4. The van der Waals surface area contributed by atoms with Crippen LogP contribution in [0.2, 0.25) is 5.02 Å². The molecule has 1 spiro atoms. The van der Waals surface area contributed by atoms with Crippen LogP contribution < -0.4 is 16.4 Å². The highest BCUT2D eigenvalue weighted by atomic mass is 35.5. The minimum Gasteiger partial charge on any atom is -0.369 e. The Labute approximate surface area is 193 Å². The second kappa shape index (κ2) is 7.36. The van der Waals surface area contributed by atoms with Crippen molar-refractivity contribution in [1.82, 2.24) is 4.90 Å². The molecule has 33 heavy (non-hydrogen) atoms. The molecule has 8 nitrogen and oxygen atoms in total. The van der Waals surface area contributed by atoms with Crippen LogP contribution in [-0.2, 0) is 31.3 Å². The van der Waals surface area contributed by atoms with Crippen LogP contribution in [0.3, 0.4) is 0 Å². The zero-order valence-electron chi connectivity index (χ0n) is 17.6. The minimum atomic E-state index is -1.42. The summed E-state index contributed by atoms with van der Waals surface area (Å²) in [4.78, 5) is 53.4. The van der Waals surface area contributed by atoms with Gasteiger partial charge in [0.05, 0.1) is 18.7 Å². The summed E-state index contributed by atoms with van der Waals surface area (Å²) < 4.78 is 13.3. The maximum atomic E-state index is 13.7. The van der Waals surface area contributed by atoms with Gasteiger partial charge in [-0.05, 0) is 42.3 Å². The smallest absolute Gasteiger partial charge is 0.291 e. The summed E-state index contributed by atoms with van der Waals surface area (Å²) >= 11 is 6.24. The fraction of sp³-hybridized carbons (Fsp3) is 0.304. The highest BCUT2D eigenvalue weighted by Crippen LogP contribution is 2.51. The van der Waals surface area contributed by atoms with Crippen LogP contribution in [0.15, 0.2) is 36.4 Å². The Morgan fingerprint density at radius 3 is 2.55 bits per heavy atom. The number of quaternary nitrogens is 1. The van der Waals surface area contributed by atoms with Crippen molar-refractivity contribution in [2.45, 2.75) is 31.5 Å². The van der Waals surface area contributed by atoms with E-state index in [0.717, 1.165) is 4.90 Å². The predicted octanol–water partition coefficient (Wildman–Crippen LogP) is 0.557. The van der Waals surface area contributed by atoms with Gasteiger partial charge in [-0.3, -0.25) is 24.1 Å². The second-order valence-corrected chi connectivity index (χ2v) is 9.22. The van der Waals surface area contributed by atoms with E-state index in [9.17, 15) is 23.6 Å². The topological polar surface area (TPSA) is 126 Å². The van der Waals surface area contributed by atoms with E-state index < -0.39 is 52.9 Å². The van der Waals surface area contributed by atoms with Crippen LogP contribution in [0.5, 0.6) is 0 Å². The predicted molar refractivity (Wildman–Crippen MR) is 115 cm³/mol. The van der Waals surface area contributed by atoms with Gasteiger partial charge in [-0.25, -0.2) is 4.39 Å². The Kier molecular flexibility index (Phi) is 4.80. The van der Waals surface area contributed by atoms with Crippen LogP contribution in [0, 0.1) is 24.6 Å². The number of hydrogen-bond donors (Lipinski definition) is 3. The van der Waals surface area contributed by atoms with Gasteiger partial charge in [0.1, 0.15) is 23.7 Å². The molecule has 2 saturated heterocycles. The number of amides is 4. The monoisotopic (exact) mass is 471 g/mol. The normalized spacial score (nSPS) is 27.8. The molecule has 5 N–H and O–H groups in total. The van der Waals surface area contributed by atoms with Gasteiger partial charge in [0.25, 0.3) is 5.91 Å². The van der Waals surface area contributed by atoms with Gasteiger partial charge < -0.3 is 16.4 Å². The number of nitrogens with one attached hydrogen (secondary N) is 1. The summed E-state index contributed by atoms with van der Waals surface area (Å²) in [7, 11) is 0. The fourth-order valence-electron chi connectivity index (χ4n) is 5.56. The van der Waals surface area contributed by atoms with E-state index in [1.807, 2.05) is 0 Å². The van der Waals surface area contributed by atoms with E-state index in [1.165, 1.54) is 24.3 Å². The van der Waals surface area contributed by atoms with Crippen molar-refractivity contribution in [3.8, 4) is 0 Å². The van der Waals surface area contributed by atoms with Crippen LogP contribution in [0.4, 0.5) is 10.1 Å². The third-order valence-electron chi connectivity index (χ3n) is 7.02. The highest BCUT2D eigenvalue weighted by molar-refractivity contribution is 6.32. The van der Waals surface area contributed by atoms with Crippen molar-refractivity contribution in [2.75, 3.05) is 5.32 Å². The van der Waals surface area contributed by atoms with Crippen molar-refractivity contribution in [1.29, 1.82) is 0 Å². The molecule has 2 fully saturated rings. The van der Waals surface area contributed by atoms with Crippen LogP contribution in [0.25, 0.3) is 0 Å². The van der Waals surface area contributed by atoms with Gasteiger partial charge in [0, 0.05) is 10.6 Å². The molecular weight excluding hydrogens is 451 g/mol. The summed E-state index contributed by atoms with van der Waals surface area (Å²) in [5.74, 6) is -4.40. The van der Waals surface area contributed by atoms with Gasteiger partial charge in [-0.15, -0.1) is 0 Å². The quantitative estimate of drug-likeness (QED) is 0.563. The largest absolute Gasteiger partial charge is 0.369 e. The number of anilines is 1. The number of nitrogens with two attached hydrogens (primary N) is 2. The molecule has 0 saturated carbocycles. The molecular formula is C23H21ClFN4O4+. The molecule has 10 heteroatoms. The number of nitrogens with zero attached hydrogens (tertiary/aromatic N) is 1. The summed E-state index contributed by atoms with van der Waals surface area (Å²) in [6.07, 6.45) is -0.165. The molecule has 0 bridgehead atoms. The first-order valence-corrected chi connectivity index (χ1v) is 10.9. The summed E-state index contributed by atoms with van der Waals surface area (Å²) in [6.45, 7) is 1.70. The molecule has 3 heterocycles. The lowest BCUT2D eigenvalue weighted by molar-refractivity contribution is -0.732. The molecule has 0 unspecified atom stereocenters. The maximum Gasteiger partial charge on any atom is 0.291 e. The Balaban J connectivity index is 1.61. The van der Waals surface area contributed by atoms with Crippen molar-refractivity contribution >= 4 is 40.9 Å². The van der Waals surface area contributed by atoms with Crippen molar-refractivity contribution in [3.05, 3.63) is 63.9 Å². The molecule has 170 valence electrons. The van der Waals surface area contributed by atoms with Gasteiger partial charge in [0.2, 0.25) is 23.3 Å². The standard InChI is InChI=1S/C23H20ClFN4O4/c1-10-14(24)7-6-13-19(10)27-22(33)23(13)18-17(15(28-23)8-16(26)30)20(31)29(21(18)32)9-11-2-4-12(25)5-3-11/h2-7,15,17-18,28H,8-9H2,1H3,(H2,26,30)(H,27,33)/p+1/t15-,17+,18-,23+/m0/s1. The highest BCUT2D eigenvalue weighted by Gasteiger charge is 2.74. The number of imide groups is 1. The summed E-state index contributed by atoms with van der Waals surface area (Å²) in [5.41, 5.74) is 6.32. The summed E-state index contributed by atoms with van der Waals surface area (Å²) in [5, 5.41) is 4.94. The third kappa shape index (κ3) is 2.99. The number of likely N-dealkylation sites (tertiary alicyclic amines) is 1. The summed E-state index contributed by atoms with van der Waals surface area (Å²) in [6, 6.07) is 8.14. The zero-order chi connectivity index (χ0) is 23.7. The minimum absolute atomic E-state index is 0.0571. The Morgan fingerprint density at radius 2 is 1.88 bits per heavy atom. The van der Waals surface area contributed by atoms with Crippen molar-refractivity contribution in [3.63, 3.8) is 0 Å². The first-order valence-electron chi connectivity index (χ1n) is 10.5. The third-order valence-corrected chi connectivity index (χ3v) is 7.43.